The minimum absolute atomic E-state index is 0.000469. The Morgan fingerprint density at radius 3 is 3.00 bits per heavy atom. The quantitative estimate of drug-likeness (QED) is 0.843. The van der Waals surface area contributed by atoms with Gasteiger partial charge in [-0.25, -0.2) is 0 Å². The first-order chi connectivity index (χ1) is 8.55. The number of hydrogen-bond acceptors (Lipinski definition) is 4. The Balaban J connectivity index is 1.63. The van der Waals surface area contributed by atoms with Gasteiger partial charge in [0.05, 0.1) is 16.5 Å². The molecule has 2 rings (SSSR count). The SMILES string of the molecule is CC1(C)CN(CCNCc2ccc(Cl)s2)CCO1. The van der Waals surface area contributed by atoms with Crippen molar-refractivity contribution in [1.29, 1.82) is 0 Å². The van der Waals surface area contributed by atoms with E-state index in [0.717, 1.165) is 43.7 Å². The number of hydrogen-bond donors (Lipinski definition) is 1. The van der Waals surface area contributed by atoms with E-state index in [1.807, 2.05) is 6.07 Å². The molecule has 1 fully saturated rings. The van der Waals surface area contributed by atoms with Crippen LogP contribution in [-0.2, 0) is 11.3 Å². The average molecular weight is 289 g/mol. The molecule has 0 aromatic carbocycles. The van der Waals surface area contributed by atoms with Crippen LogP contribution in [0, 0.1) is 0 Å². The second-order valence-electron chi connectivity index (χ2n) is 5.27. The van der Waals surface area contributed by atoms with Crippen LogP contribution in [0.1, 0.15) is 18.7 Å². The number of halogens is 1. The van der Waals surface area contributed by atoms with Crippen LogP contribution < -0.4 is 5.32 Å². The van der Waals surface area contributed by atoms with Gasteiger partial charge in [0.25, 0.3) is 0 Å². The lowest BCUT2D eigenvalue weighted by Gasteiger charge is -2.38. The zero-order valence-electron chi connectivity index (χ0n) is 11.0. The summed E-state index contributed by atoms with van der Waals surface area (Å²) in [5, 5.41) is 3.46. The van der Waals surface area contributed by atoms with E-state index in [0.29, 0.717) is 0 Å². The molecule has 1 saturated heterocycles. The van der Waals surface area contributed by atoms with Gasteiger partial charge in [0.15, 0.2) is 0 Å². The maximum absolute atomic E-state index is 5.89. The molecule has 1 aliphatic rings. The van der Waals surface area contributed by atoms with Crippen LogP contribution in [-0.4, -0.2) is 43.3 Å². The zero-order chi connectivity index (χ0) is 13.0. The predicted octanol–water partition coefficient (Wildman–Crippen LogP) is 2.60. The summed E-state index contributed by atoms with van der Waals surface area (Å²) in [6, 6.07) is 4.03. The molecule has 0 radical (unpaired) electrons. The fourth-order valence-corrected chi connectivity index (χ4v) is 3.26. The fourth-order valence-electron chi connectivity index (χ4n) is 2.20. The largest absolute Gasteiger partial charge is 0.373 e. The average Bonchev–Trinajstić information content (AvgIpc) is 2.69. The van der Waals surface area contributed by atoms with E-state index in [4.69, 9.17) is 16.3 Å². The molecule has 0 unspecified atom stereocenters. The molecule has 3 nitrogen and oxygen atoms in total. The zero-order valence-corrected chi connectivity index (χ0v) is 12.6. The van der Waals surface area contributed by atoms with Gasteiger partial charge in [-0.2, -0.15) is 0 Å². The number of rotatable bonds is 5. The van der Waals surface area contributed by atoms with Gasteiger partial charge in [0, 0.05) is 37.6 Å². The Labute approximate surface area is 118 Å². The van der Waals surface area contributed by atoms with Gasteiger partial charge in [0.1, 0.15) is 0 Å². The van der Waals surface area contributed by atoms with Crippen molar-refractivity contribution < 1.29 is 4.74 Å². The standard InChI is InChI=1S/C13H21ClN2OS/c1-13(2)10-16(7-8-17-13)6-5-15-9-11-3-4-12(14)18-11/h3-4,15H,5-10H2,1-2H3. The Kier molecular flexibility index (Phi) is 5.04. The van der Waals surface area contributed by atoms with Gasteiger partial charge in [0.2, 0.25) is 0 Å². The molecule has 18 heavy (non-hydrogen) atoms. The monoisotopic (exact) mass is 288 g/mol. The molecule has 0 atom stereocenters. The second-order valence-corrected chi connectivity index (χ2v) is 7.07. The van der Waals surface area contributed by atoms with Gasteiger partial charge >= 0.3 is 0 Å². The molecular formula is C13H21ClN2OS. The number of nitrogens with zero attached hydrogens (tertiary/aromatic N) is 1. The van der Waals surface area contributed by atoms with Crippen LogP contribution >= 0.6 is 22.9 Å². The van der Waals surface area contributed by atoms with Crippen LogP contribution in [0.5, 0.6) is 0 Å². The summed E-state index contributed by atoms with van der Waals surface area (Å²) in [4.78, 5) is 3.75. The Bertz CT molecular complexity index is 381. The molecule has 0 aliphatic carbocycles. The van der Waals surface area contributed by atoms with Crippen LogP contribution in [0.25, 0.3) is 0 Å². The van der Waals surface area contributed by atoms with Gasteiger partial charge in [-0.3, -0.25) is 4.90 Å². The Morgan fingerprint density at radius 2 is 2.33 bits per heavy atom. The topological polar surface area (TPSA) is 24.5 Å². The lowest BCUT2D eigenvalue weighted by Crippen LogP contribution is -2.49. The molecule has 0 spiro atoms. The van der Waals surface area contributed by atoms with Gasteiger partial charge in [-0.05, 0) is 26.0 Å². The van der Waals surface area contributed by atoms with E-state index in [9.17, 15) is 0 Å². The minimum Gasteiger partial charge on any atom is -0.373 e. The van der Waals surface area contributed by atoms with Crippen molar-refractivity contribution in [3.05, 3.63) is 21.3 Å². The third kappa shape index (κ3) is 4.52. The van der Waals surface area contributed by atoms with E-state index in [-0.39, 0.29) is 5.60 Å². The summed E-state index contributed by atoms with van der Waals surface area (Å²) in [5.41, 5.74) is -0.000469. The van der Waals surface area contributed by atoms with E-state index in [1.54, 1.807) is 11.3 Å². The molecule has 1 N–H and O–H groups in total. The maximum Gasteiger partial charge on any atom is 0.0931 e. The first-order valence-corrected chi connectivity index (χ1v) is 7.56. The van der Waals surface area contributed by atoms with Crippen molar-refractivity contribution in [1.82, 2.24) is 10.2 Å². The number of thiophene rings is 1. The van der Waals surface area contributed by atoms with Gasteiger partial charge in [-0.15, -0.1) is 11.3 Å². The van der Waals surface area contributed by atoms with E-state index < -0.39 is 0 Å². The highest BCUT2D eigenvalue weighted by Crippen LogP contribution is 2.21. The predicted molar refractivity (Wildman–Crippen MR) is 77.5 cm³/mol. The van der Waals surface area contributed by atoms with Crippen LogP contribution in [0.15, 0.2) is 12.1 Å². The van der Waals surface area contributed by atoms with E-state index in [2.05, 4.69) is 30.1 Å². The van der Waals surface area contributed by atoms with E-state index >= 15 is 0 Å². The highest BCUT2D eigenvalue weighted by molar-refractivity contribution is 7.16. The van der Waals surface area contributed by atoms with Gasteiger partial charge in [-0.1, -0.05) is 11.6 Å². The van der Waals surface area contributed by atoms with E-state index in [1.165, 1.54) is 4.88 Å². The minimum atomic E-state index is -0.000469. The number of morpholine rings is 1. The summed E-state index contributed by atoms with van der Waals surface area (Å²) >= 11 is 7.54. The first-order valence-electron chi connectivity index (χ1n) is 6.36. The summed E-state index contributed by atoms with van der Waals surface area (Å²) in [6.45, 7) is 10.2. The van der Waals surface area contributed by atoms with Crippen molar-refractivity contribution in [2.45, 2.75) is 26.0 Å². The van der Waals surface area contributed by atoms with Crippen LogP contribution in [0.3, 0.4) is 0 Å². The lowest BCUT2D eigenvalue weighted by molar-refractivity contribution is -0.0854. The Hall–Kier alpha value is -0.130. The molecular weight excluding hydrogens is 268 g/mol. The van der Waals surface area contributed by atoms with Crippen molar-refractivity contribution >= 4 is 22.9 Å². The normalized spacial score (nSPS) is 20.2. The van der Waals surface area contributed by atoms with Crippen LogP contribution in [0.2, 0.25) is 4.34 Å². The second kappa shape index (κ2) is 6.35. The third-order valence-corrected chi connectivity index (χ3v) is 4.27. The first kappa shape index (κ1) is 14.3. The summed E-state index contributed by atoms with van der Waals surface area (Å²) < 4.78 is 6.56. The molecule has 2 heterocycles. The molecule has 5 heteroatoms. The fraction of sp³-hybridized carbons (Fsp3) is 0.692. The highest BCUT2D eigenvalue weighted by Gasteiger charge is 2.26. The number of ether oxygens (including phenoxy) is 1. The third-order valence-electron chi connectivity index (χ3n) is 3.04. The maximum atomic E-state index is 5.89. The lowest BCUT2D eigenvalue weighted by atomic mass is 10.1. The van der Waals surface area contributed by atoms with Crippen molar-refractivity contribution in [3.63, 3.8) is 0 Å². The molecule has 0 saturated carbocycles. The summed E-state index contributed by atoms with van der Waals surface area (Å²) in [6.07, 6.45) is 0. The molecule has 0 amide bonds. The van der Waals surface area contributed by atoms with Crippen LogP contribution in [0.4, 0.5) is 0 Å². The molecule has 1 aliphatic heterocycles. The van der Waals surface area contributed by atoms with Crippen molar-refractivity contribution in [2.24, 2.45) is 0 Å². The smallest absolute Gasteiger partial charge is 0.0931 e. The molecule has 1 aromatic rings. The summed E-state index contributed by atoms with van der Waals surface area (Å²) in [7, 11) is 0. The molecule has 102 valence electrons. The molecule has 0 bridgehead atoms. The molecule has 1 aromatic heterocycles. The van der Waals surface area contributed by atoms with Crippen molar-refractivity contribution in [3.8, 4) is 0 Å². The van der Waals surface area contributed by atoms with Crippen molar-refractivity contribution in [2.75, 3.05) is 32.8 Å². The number of nitrogens with one attached hydrogen (secondary N) is 1. The highest BCUT2D eigenvalue weighted by atomic mass is 35.5. The Morgan fingerprint density at radius 1 is 1.50 bits per heavy atom. The summed E-state index contributed by atoms with van der Waals surface area (Å²) in [5.74, 6) is 0. The van der Waals surface area contributed by atoms with Gasteiger partial charge < -0.3 is 10.1 Å².